The van der Waals surface area contributed by atoms with Crippen molar-refractivity contribution in [1.29, 1.82) is 0 Å². The van der Waals surface area contributed by atoms with E-state index in [0.29, 0.717) is 16.2 Å². The first kappa shape index (κ1) is 11.1. The van der Waals surface area contributed by atoms with Crippen molar-refractivity contribution in [3.63, 3.8) is 0 Å². The molecule has 0 saturated carbocycles. The normalized spacial score (nSPS) is 22.2. The molecule has 118 valence electrons. The second kappa shape index (κ2) is 4.76. The van der Waals surface area contributed by atoms with Gasteiger partial charge in [0.05, 0.1) is 16.7 Å². The monoisotopic (exact) mass is 332 g/mol. The number of benzene rings is 2. The van der Waals surface area contributed by atoms with Crippen LogP contribution in [0.3, 0.4) is 0 Å². The largest absolute Gasteiger partial charge is 0.495 e. The maximum Gasteiger partial charge on any atom is 0.495 e. The molecule has 3 nitrogen and oxygen atoms in total. The Bertz CT molecular complexity index is 1090. The van der Waals surface area contributed by atoms with E-state index in [-0.39, 0.29) is 40.4 Å². The molecule has 5 heteroatoms. The Labute approximate surface area is 146 Å². The van der Waals surface area contributed by atoms with Crippen molar-refractivity contribution in [2.75, 3.05) is 0 Å². The predicted molar refractivity (Wildman–Crippen MR) is 94.4 cm³/mol. The van der Waals surface area contributed by atoms with Gasteiger partial charge in [0.1, 0.15) is 11.2 Å². The number of furan rings is 1. The molecule has 0 unspecified atom stereocenters. The Morgan fingerprint density at radius 3 is 2.39 bits per heavy atom. The second-order valence-electron chi connectivity index (χ2n) is 6.73. The van der Waals surface area contributed by atoms with Crippen molar-refractivity contribution in [1.82, 2.24) is 0 Å². The Morgan fingerprint density at radius 1 is 1.00 bits per heavy atom. The van der Waals surface area contributed by atoms with Crippen LogP contribution in [0.25, 0.3) is 21.9 Å². The van der Waals surface area contributed by atoms with Gasteiger partial charge < -0.3 is 13.7 Å². The van der Waals surface area contributed by atoms with E-state index in [9.17, 15) is 0 Å². The molecule has 4 rings (SSSR count). The van der Waals surface area contributed by atoms with Crippen molar-refractivity contribution < 1.29 is 19.2 Å². The smallest absolute Gasteiger partial charge is 0.456 e. The van der Waals surface area contributed by atoms with Crippen LogP contribution in [0.4, 0.5) is 0 Å². The number of halogens is 1. The average Bonchev–Trinajstić information content (AvgIpc) is 3.01. The van der Waals surface area contributed by atoms with Crippen LogP contribution in [0, 0.1) is 0 Å². The minimum absolute atomic E-state index is 0.0218. The van der Waals surface area contributed by atoms with Crippen LogP contribution in [-0.4, -0.2) is 18.3 Å². The minimum Gasteiger partial charge on any atom is -0.456 e. The van der Waals surface area contributed by atoms with Crippen LogP contribution in [0.2, 0.25) is 5.02 Å². The zero-order valence-electron chi connectivity index (χ0n) is 17.3. The van der Waals surface area contributed by atoms with Gasteiger partial charge in [0.2, 0.25) is 0 Å². The van der Waals surface area contributed by atoms with Gasteiger partial charge in [-0.2, -0.15) is 0 Å². The Morgan fingerprint density at radius 2 is 1.70 bits per heavy atom. The molecule has 1 aromatic heterocycles. The summed E-state index contributed by atoms with van der Waals surface area (Å²) in [7, 11) is -0.824. The van der Waals surface area contributed by atoms with E-state index < -0.39 is 18.3 Å². The summed E-state index contributed by atoms with van der Waals surface area (Å²) in [5.74, 6) is 0. The maximum atomic E-state index is 8.44. The lowest BCUT2D eigenvalue weighted by Crippen LogP contribution is -2.41. The molecule has 1 aliphatic rings. The number of hydrogen-bond donors (Lipinski definition) is 0. The summed E-state index contributed by atoms with van der Waals surface area (Å²) < 4.78 is 50.7. The summed E-state index contributed by atoms with van der Waals surface area (Å²) in [6.07, 6.45) is 0. The summed E-state index contributed by atoms with van der Waals surface area (Å²) >= 11 is 6.13. The Kier molecular flexibility index (Phi) is 2.30. The van der Waals surface area contributed by atoms with Gasteiger partial charge >= 0.3 is 7.12 Å². The zero-order chi connectivity index (χ0) is 19.9. The van der Waals surface area contributed by atoms with Crippen molar-refractivity contribution >= 4 is 46.1 Å². The number of fused-ring (bicyclic) bond motifs is 3. The third-order valence-electron chi connectivity index (χ3n) is 4.70. The van der Waals surface area contributed by atoms with Gasteiger partial charge in [-0.15, -0.1) is 0 Å². The summed E-state index contributed by atoms with van der Waals surface area (Å²) in [4.78, 5) is 0. The van der Waals surface area contributed by atoms with Gasteiger partial charge in [0.25, 0.3) is 0 Å². The van der Waals surface area contributed by atoms with Gasteiger partial charge in [0, 0.05) is 15.8 Å². The summed E-state index contributed by atoms with van der Waals surface area (Å²) in [6.45, 7) is 7.69. The fourth-order valence-electron chi connectivity index (χ4n) is 2.72. The first-order valence-corrected chi connectivity index (χ1v) is 7.80. The lowest BCUT2D eigenvalue weighted by Gasteiger charge is -2.32. The average molecular weight is 333 g/mol. The van der Waals surface area contributed by atoms with Gasteiger partial charge in [-0.1, -0.05) is 23.7 Å². The number of rotatable bonds is 1. The Hall–Kier alpha value is -1.49. The quantitative estimate of drug-likeness (QED) is 0.613. The van der Waals surface area contributed by atoms with E-state index in [1.165, 1.54) is 12.1 Å². The van der Waals surface area contributed by atoms with Crippen LogP contribution >= 0.6 is 11.6 Å². The van der Waals surface area contributed by atoms with Gasteiger partial charge in [-0.05, 0) is 57.4 Å². The molecule has 0 N–H and O–H groups in total. The van der Waals surface area contributed by atoms with E-state index in [1.807, 2.05) is 27.7 Å². The van der Waals surface area contributed by atoms with E-state index in [4.69, 9.17) is 30.8 Å². The van der Waals surface area contributed by atoms with Crippen molar-refractivity contribution in [2.24, 2.45) is 0 Å². The maximum absolute atomic E-state index is 8.44. The fraction of sp³-hybridized carbons (Fsp3) is 0.333. The SMILES string of the molecule is [2H]c1cc([2H])c2oc3c([2H])c([2H])c(Cl)cc3c2c1B1OC(C)(C)C(C)(C)O1. The standard InChI is InChI=1S/C18H18BClO3/c1-17(2)18(3,4)23-19(22-17)13-6-5-7-15-16(13)12-10-11(20)8-9-14(12)21-15/h5-10H,1-4H3/i6D,7D,8D,9D. The first-order chi connectivity index (χ1) is 12.4. The summed E-state index contributed by atoms with van der Waals surface area (Å²) in [5, 5.41) is 1.05. The van der Waals surface area contributed by atoms with Gasteiger partial charge in [-0.3, -0.25) is 0 Å². The molecule has 0 bridgehead atoms. The lowest BCUT2D eigenvalue weighted by molar-refractivity contribution is 0.00578. The van der Waals surface area contributed by atoms with E-state index >= 15 is 0 Å². The zero-order valence-corrected chi connectivity index (χ0v) is 14.1. The third-order valence-corrected chi connectivity index (χ3v) is 4.90. The second-order valence-corrected chi connectivity index (χ2v) is 7.13. The highest BCUT2D eigenvalue weighted by atomic mass is 35.5. The predicted octanol–water partition coefficient (Wildman–Crippen LogP) is 4.54. The molecule has 0 atom stereocenters. The molecule has 2 heterocycles. The highest BCUT2D eigenvalue weighted by molar-refractivity contribution is 6.66. The molecule has 23 heavy (non-hydrogen) atoms. The summed E-state index contributed by atoms with van der Waals surface area (Å²) in [5.41, 5.74) is -0.367. The van der Waals surface area contributed by atoms with Crippen molar-refractivity contribution in [2.45, 2.75) is 38.9 Å². The van der Waals surface area contributed by atoms with Crippen molar-refractivity contribution in [3.05, 3.63) is 41.3 Å². The molecule has 1 fully saturated rings. The number of hydrogen-bond acceptors (Lipinski definition) is 3. The van der Waals surface area contributed by atoms with Crippen molar-refractivity contribution in [3.8, 4) is 0 Å². The molecule has 0 spiro atoms. The molecule has 0 aliphatic carbocycles. The van der Waals surface area contributed by atoms with Crippen LogP contribution < -0.4 is 5.46 Å². The molecule has 0 amide bonds. The fourth-order valence-corrected chi connectivity index (χ4v) is 2.88. The van der Waals surface area contributed by atoms with Crippen LogP contribution in [0.15, 0.2) is 40.7 Å². The minimum atomic E-state index is -0.824. The molecule has 1 aliphatic heterocycles. The molecular weight excluding hydrogens is 310 g/mol. The van der Waals surface area contributed by atoms with E-state index in [0.717, 1.165) is 0 Å². The summed E-state index contributed by atoms with van der Waals surface area (Å²) in [6, 6.07) is 2.73. The van der Waals surface area contributed by atoms with Crippen LogP contribution in [-0.2, 0) is 9.31 Å². The van der Waals surface area contributed by atoms with Gasteiger partial charge in [0.15, 0.2) is 0 Å². The van der Waals surface area contributed by atoms with E-state index in [1.54, 1.807) is 0 Å². The van der Waals surface area contributed by atoms with E-state index in [2.05, 4.69) is 0 Å². The molecular formula is C18H18BClO3. The topological polar surface area (TPSA) is 31.6 Å². The van der Waals surface area contributed by atoms with Crippen LogP contribution in [0.1, 0.15) is 33.2 Å². The van der Waals surface area contributed by atoms with Crippen LogP contribution in [0.5, 0.6) is 0 Å². The molecule has 2 aromatic carbocycles. The Balaban J connectivity index is 2.09. The molecule has 0 radical (unpaired) electrons. The first-order valence-electron chi connectivity index (χ1n) is 9.42. The highest BCUT2D eigenvalue weighted by Crippen LogP contribution is 2.38. The third kappa shape index (κ3) is 2.20. The molecule has 1 saturated heterocycles. The van der Waals surface area contributed by atoms with Gasteiger partial charge in [-0.25, -0.2) is 0 Å². The molecule has 3 aromatic rings. The highest BCUT2D eigenvalue weighted by Gasteiger charge is 2.52. The lowest BCUT2D eigenvalue weighted by atomic mass is 9.76.